The molecule has 5 nitrogen and oxygen atoms in total. The van der Waals surface area contributed by atoms with Gasteiger partial charge in [0.15, 0.2) is 0 Å². The molecule has 1 atom stereocenters. The maximum atomic E-state index is 9.85. The van der Waals surface area contributed by atoms with Crippen LogP contribution in [0.2, 0.25) is 0 Å². The van der Waals surface area contributed by atoms with Crippen LogP contribution < -0.4 is 10.1 Å². The zero-order valence-corrected chi connectivity index (χ0v) is 14.6. The minimum Gasteiger partial charge on any atom is -0.508 e. The zero-order chi connectivity index (χ0) is 17.7. The predicted octanol–water partition coefficient (Wildman–Crippen LogP) is 3.79. The predicted molar refractivity (Wildman–Crippen MR) is 103 cm³/mol. The van der Waals surface area contributed by atoms with Crippen LogP contribution in [0.1, 0.15) is 22.9 Å². The standard InChI is InChI=1S/C21H21N3O2/c1-26-14-3-5-18-16(10-14)12(11-23-18)8-20-21-15(6-7-22-20)17-9-13(25)2-4-19(17)24-21/h2-5,9-11,20,22-25H,6-8H2,1H3. The minimum atomic E-state index is 0.221. The SMILES string of the molecule is COc1ccc2[nH]cc(CC3NCCc4c3[nH]c3ccc(O)cc43)c2c1. The highest BCUT2D eigenvalue weighted by molar-refractivity contribution is 5.87. The van der Waals surface area contributed by atoms with E-state index in [2.05, 4.69) is 33.6 Å². The van der Waals surface area contributed by atoms with Gasteiger partial charge in [-0.05, 0) is 66.9 Å². The normalized spacial score (nSPS) is 16.9. The van der Waals surface area contributed by atoms with E-state index in [1.165, 1.54) is 22.2 Å². The van der Waals surface area contributed by atoms with Crippen molar-refractivity contribution in [3.8, 4) is 11.5 Å². The highest BCUT2D eigenvalue weighted by Gasteiger charge is 2.25. The molecule has 4 aromatic rings. The van der Waals surface area contributed by atoms with Gasteiger partial charge in [0.2, 0.25) is 0 Å². The second-order valence-electron chi connectivity index (χ2n) is 6.93. The second-order valence-corrected chi connectivity index (χ2v) is 6.93. The topological polar surface area (TPSA) is 73.1 Å². The molecule has 0 fully saturated rings. The summed E-state index contributed by atoms with van der Waals surface area (Å²) in [6.45, 7) is 0.936. The first-order valence-electron chi connectivity index (χ1n) is 8.94. The third kappa shape index (κ3) is 2.35. The van der Waals surface area contributed by atoms with Crippen LogP contribution in [-0.2, 0) is 12.8 Å². The van der Waals surface area contributed by atoms with Crippen LogP contribution in [0, 0.1) is 0 Å². The first-order valence-corrected chi connectivity index (χ1v) is 8.94. The maximum Gasteiger partial charge on any atom is 0.119 e. The van der Waals surface area contributed by atoms with Gasteiger partial charge < -0.3 is 25.1 Å². The Bertz CT molecular complexity index is 1110. The van der Waals surface area contributed by atoms with Crippen LogP contribution in [0.15, 0.2) is 42.6 Å². The Morgan fingerprint density at radius 2 is 2.00 bits per heavy atom. The molecule has 0 aliphatic carbocycles. The average molecular weight is 347 g/mol. The Morgan fingerprint density at radius 1 is 1.12 bits per heavy atom. The minimum absolute atomic E-state index is 0.221. The van der Waals surface area contributed by atoms with Gasteiger partial charge in [0.1, 0.15) is 11.5 Å². The number of phenols is 1. The summed E-state index contributed by atoms with van der Waals surface area (Å²) >= 11 is 0. The van der Waals surface area contributed by atoms with Crippen molar-refractivity contribution in [2.75, 3.05) is 13.7 Å². The van der Waals surface area contributed by atoms with Crippen LogP contribution >= 0.6 is 0 Å². The summed E-state index contributed by atoms with van der Waals surface area (Å²) in [4.78, 5) is 6.93. The van der Waals surface area contributed by atoms with Crippen molar-refractivity contribution < 1.29 is 9.84 Å². The molecule has 26 heavy (non-hydrogen) atoms. The van der Waals surface area contributed by atoms with Crippen LogP contribution in [0.25, 0.3) is 21.8 Å². The van der Waals surface area contributed by atoms with Gasteiger partial charge in [-0.2, -0.15) is 0 Å². The number of fused-ring (bicyclic) bond motifs is 4. The van der Waals surface area contributed by atoms with Crippen molar-refractivity contribution in [1.82, 2.24) is 15.3 Å². The molecule has 0 saturated carbocycles. The van der Waals surface area contributed by atoms with Gasteiger partial charge in [0.25, 0.3) is 0 Å². The van der Waals surface area contributed by atoms with E-state index in [-0.39, 0.29) is 6.04 Å². The fourth-order valence-corrected chi connectivity index (χ4v) is 4.14. The number of aromatic amines is 2. The van der Waals surface area contributed by atoms with Gasteiger partial charge in [0.05, 0.1) is 13.2 Å². The lowest BCUT2D eigenvalue weighted by atomic mass is 9.94. The van der Waals surface area contributed by atoms with Crippen molar-refractivity contribution in [3.05, 3.63) is 59.4 Å². The number of H-pyrrole nitrogens is 2. The van der Waals surface area contributed by atoms with Gasteiger partial charge in [-0.1, -0.05) is 0 Å². The lowest BCUT2D eigenvalue weighted by Gasteiger charge is -2.24. The van der Waals surface area contributed by atoms with E-state index in [0.29, 0.717) is 5.75 Å². The van der Waals surface area contributed by atoms with Crippen LogP contribution in [0.4, 0.5) is 0 Å². The van der Waals surface area contributed by atoms with Gasteiger partial charge in [0, 0.05) is 33.7 Å². The molecule has 0 bridgehead atoms. The summed E-state index contributed by atoms with van der Waals surface area (Å²) in [5.74, 6) is 1.19. The Balaban J connectivity index is 1.56. The zero-order valence-electron chi connectivity index (χ0n) is 14.6. The number of aromatic nitrogens is 2. The average Bonchev–Trinajstić information content (AvgIpc) is 3.23. The summed E-state index contributed by atoms with van der Waals surface area (Å²) < 4.78 is 5.38. The Kier molecular flexibility index (Phi) is 3.43. The molecule has 0 radical (unpaired) electrons. The summed E-state index contributed by atoms with van der Waals surface area (Å²) in [6, 6.07) is 11.9. The Hall–Kier alpha value is -2.92. The maximum absolute atomic E-state index is 9.85. The number of hydrogen-bond acceptors (Lipinski definition) is 3. The molecule has 1 unspecified atom stereocenters. The first kappa shape index (κ1) is 15.3. The van der Waals surface area contributed by atoms with Crippen molar-refractivity contribution in [1.29, 1.82) is 0 Å². The molecule has 3 heterocycles. The molecule has 0 amide bonds. The number of phenolic OH excluding ortho intramolecular Hbond substituents is 1. The highest BCUT2D eigenvalue weighted by Crippen LogP contribution is 2.34. The Morgan fingerprint density at radius 3 is 2.88 bits per heavy atom. The molecule has 0 saturated heterocycles. The van der Waals surface area contributed by atoms with Gasteiger partial charge >= 0.3 is 0 Å². The molecule has 0 spiro atoms. The highest BCUT2D eigenvalue weighted by atomic mass is 16.5. The molecular formula is C21H21N3O2. The first-order chi connectivity index (χ1) is 12.7. The van der Waals surface area contributed by atoms with Crippen molar-refractivity contribution >= 4 is 21.8 Å². The number of ether oxygens (including phenoxy) is 1. The van der Waals surface area contributed by atoms with E-state index >= 15 is 0 Å². The van der Waals surface area contributed by atoms with Crippen molar-refractivity contribution in [3.63, 3.8) is 0 Å². The number of nitrogens with one attached hydrogen (secondary N) is 3. The van der Waals surface area contributed by atoms with E-state index in [0.717, 1.165) is 41.6 Å². The monoisotopic (exact) mass is 347 g/mol. The lowest BCUT2D eigenvalue weighted by molar-refractivity contribution is 0.415. The molecule has 132 valence electrons. The molecule has 5 heteroatoms. The Labute approximate surface area is 151 Å². The lowest BCUT2D eigenvalue weighted by Crippen LogP contribution is -2.31. The fraction of sp³-hybridized carbons (Fsp3) is 0.238. The van der Waals surface area contributed by atoms with Crippen molar-refractivity contribution in [2.45, 2.75) is 18.9 Å². The van der Waals surface area contributed by atoms with E-state index < -0.39 is 0 Å². The summed E-state index contributed by atoms with van der Waals surface area (Å²) in [5.41, 5.74) is 6.03. The van der Waals surface area contributed by atoms with Gasteiger partial charge in [-0.25, -0.2) is 0 Å². The fourth-order valence-electron chi connectivity index (χ4n) is 4.14. The number of aromatic hydroxyl groups is 1. The van der Waals surface area contributed by atoms with E-state index in [4.69, 9.17) is 4.74 Å². The molecule has 1 aliphatic heterocycles. The second kappa shape index (κ2) is 5.81. The molecule has 2 aromatic carbocycles. The largest absolute Gasteiger partial charge is 0.508 e. The third-order valence-electron chi connectivity index (χ3n) is 5.44. The molecule has 5 rings (SSSR count). The molecule has 1 aliphatic rings. The van der Waals surface area contributed by atoms with Crippen molar-refractivity contribution in [2.24, 2.45) is 0 Å². The smallest absolute Gasteiger partial charge is 0.119 e. The molecular weight excluding hydrogens is 326 g/mol. The number of methoxy groups -OCH3 is 1. The van der Waals surface area contributed by atoms with E-state index in [1.54, 1.807) is 13.2 Å². The third-order valence-corrected chi connectivity index (χ3v) is 5.44. The van der Waals surface area contributed by atoms with E-state index in [1.807, 2.05) is 18.2 Å². The summed E-state index contributed by atoms with van der Waals surface area (Å²) in [7, 11) is 1.70. The van der Waals surface area contributed by atoms with Gasteiger partial charge in [-0.15, -0.1) is 0 Å². The summed E-state index contributed by atoms with van der Waals surface area (Å²) in [6.07, 6.45) is 3.95. The quantitative estimate of drug-likeness (QED) is 0.455. The molecule has 4 N–H and O–H groups in total. The van der Waals surface area contributed by atoms with E-state index in [9.17, 15) is 5.11 Å². The van der Waals surface area contributed by atoms with Gasteiger partial charge in [-0.3, -0.25) is 0 Å². The van der Waals surface area contributed by atoms with Crippen LogP contribution in [0.3, 0.4) is 0 Å². The van der Waals surface area contributed by atoms with Crippen LogP contribution in [-0.4, -0.2) is 28.7 Å². The molecule has 2 aromatic heterocycles. The van der Waals surface area contributed by atoms with Crippen LogP contribution in [0.5, 0.6) is 11.5 Å². The summed E-state index contributed by atoms with van der Waals surface area (Å²) in [5, 5.41) is 15.8. The number of rotatable bonds is 3. The number of hydrogen-bond donors (Lipinski definition) is 4. The number of benzene rings is 2.